The standard InChI is InChI=1S/C10H16F3OS.C2BF6O2/c1-8(5-4-6-15(2)3)7-9(14)10(11,12)13;4-2(5,6)1(10)11-3(7,8)9/h7H,4-6H2,1-3H3;/q+1;-1/b8-7-;. The molecule has 0 saturated carbocycles. The minimum atomic E-state index is -6.18. The van der Waals surface area contributed by atoms with Gasteiger partial charge < -0.3 is 17.6 Å². The van der Waals surface area contributed by atoms with Gasteiger partial charge in [-0.2, -0.15) is 26.3 Å². The summed E-state index contributed by atoms with van der Waals surface area (Å²) in [7, 11) is -5.88. The van der Waals surface area contributed by atoms with Crippen LogP contribution in [0, 0.1) is 0 Å². The molecule has 3 nitrogen and oxygen atoms in total. The maximum absolute atomic E-state index is 11.9. The van der Waals surface area contributed by atoms with E-state index in [2.05, 4.69) is 17.2 Å². The molecule has 0 rings (SSSR count). The molecule has 0 bridgehead atoms. The topological polar surface area (TPSA) is 43.4 Å². The average molecular weight is 422 g/mol. The van der Waals surface area contributed by atoms with Gasteiger partial charge in [-0.1, -0.05) is 5.57 Å². The van der Waals surface area contributed by atoms with E-state index in [-0.39, 0.29) is 0 Å². The molecule has 14 heteroatoms. The number of carbonyl (C=O) groups excluding carboxylic acids is 2. The lowest BCUT2D eigenvalue weighted by Crippen LogP contribution is -2.34. The summed E-state index contributed by atoms with van der Waals surface area (Å²) in [5.41, 5.74) is 0.503. The van der Waals surface area contributed by atoms with Gasteiger partial charge in [-0.25, -0.2) is 4.79 Å². The highest BCUT2D eigenvalue weighted by Gasteiger charge is 2.45. The summed E-state index contributed by atoms with van der Waals surface area (Å²) in [5.74, 6) is -4.01. The van der Waals surface area contributed by atoms with Crippen molar-refractivity contribution in [2.45, 2.75) is 32.1 Å². The fraction of sp³-hybridized carbons (Fsp3) is 0.667. The van der Waals surface area contributed by atoms with Crippen LogP contribution in [0.5, 0.6) is 0 Å². The second-order valence-corrected chi connectivity index (χ2v) is 7.44. The lowest BCUT2D eigenvalue weighted by Gasteiger charge is -2.17. The fourth-order valence-corrected chi connectivity index (χ4v) is 1.93. The largest absolute Gasteiger partial charge is 0.702 e. The Morgan fingerprint density at radius 1 is 1.00 bits per heavy atom. The first-order valence-electron chi connectivity index (χ1n) is 6.67. The maximum Gasteiger partial charge on any atom is 0.702 e. The van der Waals surface area contributed by atoms with E-state index < -0.39 is 31.3 Å². The molecule has 0 unspecified atom stereocenters. The van der Waals surface area contributed by atoms with Crippen molar-refractivity contribution in [3.05, 3.63) is 11.6 Å². The quantitative estimate of drug-likeness (QED) is 0.280. The van der Waals surface area contributed by atoms with Crippen molar-refractivity contribution in [3.8, 4) is 0 Å². The van der Waals surface area contributed by atoms with E-state index in [0.717, 1.165) is 12.2 Å². The molecule has 0 radical (unpaired) electrons. The highest BCUT2D eigenvalue weighted by Crippen LogP contribution is 2.21. The molecule has 0 N–H and O–H groups in total. The zero-order chi connectivity index (χ0) is 21.3. The highest BCUT2D eigenvalue weighted by atomic mass is 32.2. The van der Waals surface area contributed by atoms with Gasteiger partial charge in [0.05, 0.1) is 12.5 Å². The molecule has 0 heterocycles. The summed E-state index contributed by atoms with van der Waals surface area (Å²) in [5, 5.41) is 0. The summed E-state index contributed by atoms with van der Waals surface area (Å²) in [6, 6.07) is 0. The number of allylic oxidation sites excluding steroid dienone is 2. The molecule has 0 aliphatic carbocycles. The van der Waals surface area contributed by atoms with Crippen molar-refractivity contribution < 1.29 is 53.5 Å². The van der Waals surface area contributed by atoms with Gasteiger partial charge in [0.25, 0.3) is 5.78 Å². The molecule has 0 fully saturated rings. The third-order valence-electron chi connectivity index (χ3n) is 2.25. The predicted octanol–water partition coefficient (Wildman–Crippen LogP) is 4.16. The molecule has 0 amide bonds. The van der Waals surface area contributed by atoms with Crippen LogP contribution in [0.1, 0.15) is 19.8 Å². The number of halogens is 9. The van der Waals surface area contributed by atoms with Gasteiger partial charge in [0, 0.05) is 0 Å². The van der Waals surface area contributed by atoms with E-state index in [1.807, 2.05) is 0 Å². The van der Waals surface area contributed by atoms with Gasteiger partial charge in [-0.15, -0.1) is 0 Å². The second kappa shape index (κ2) is 10.7. The number of ketones is 1. The molecule has 0 aliphatic heterocycles. The fourth-order valence-electron chi connectivity index (χ4n) is 1.21. The van der Waals surface area contributed by atoms with Crippen LogP contribution < -0.4 is 0 Å². The summed E-state index contributed by atoms with van der Waals surface area (Å²) in [4.78, 5) is 20.0. The molecule has 0 spiro atoms. The number of alkyl halides is 6. The summed E-state index contributed by atoms with van der Waals surface area (Å²) in [6.07, 6.45) is -4.07. The Bertz CT molecular complexity index is 496. The average Bonchev–Trinajstić information content (AvgIpc) is 2.34. The Balaban J connectivity index is 0. The molecule has 26 heavy (non-hydrogen) atoms. The summed E-state index contributed by atoms with van der Waals surface area (Å²) < 4.78 is 104. The van der Waals surface area contributed by atoms with E-state index >= 15 is 0 Å². The van der Waals surface area contributed by atoms with Crippen LogP contribution in [-0.2, 0) is 25.1 Å². The Morgan fingerprint density at radius 3 is 1.73 bits per heavy atom. The Hall–Kier alpha value is -1.34. The zero-order valence-electron chi connectivity index (χ0n) is 13.8. The minimum absolute atomic E-state index is 0.304. The highest BCUT2D eigenvalue weighted by molar-refractivity contribution is 7.95. The van der Waals surface area contributed by atoms with Crippen LogP contribution >= 0.6 is 0 Å². The molecular formula is C12H16BF9O3S. The van der Waals surface area contributed by atoms with Crippen LogP contribution in [0.3, 0.4) is 0 Å². The van der Waals surface area contributed by atoms with Crippen molar-refractivity contribution >= 4 is 29.8 Å². The molecular weight excluding hydrogens is 406 g/mol. The molecule has 0 atom stereocenters. The van der Waals surface area contributed by atoms with Gasteiger partial charge in [-0.3, -0.25) is 4.79 Å². The lowest BCUT2D eigenvalue weighted by molar-refractivity contribution is -0.193. The van der Waals surface area contributed by atoms with Gasteiger partial charge in [0.2, 0.25) is 0 Å². The lowest BCUT2D eigenvalue weighted by atomic mass is 10.1. The van der Waals surface area contributed by atoms with E-state index in [9.17, 15) is 48.9 Å². The van der Waals surface area contributed by atoms with Crippen LogP contribution in [-0.4, -0.2) is 49.5 Å². The monoisotopic (exact) mass is 422 g/mol. The molecule has 0 aliphatic rings. The van der Waals surface area contributed by atoms with Crippen molar-refractivity contribution in [3.63, 3.8) is 0 Å². The third-order valence-corrected chi connectivity index (χ3v) is 3.36. The molecule has 0 saturated heterocycles. The van der Waals surface area contributed by atoms with Gasteiger partial charge in [0.15, 0.2) is 0 Å². The molecule has 0 aromatic carbocycles. The molecule has 0 aromatic rings. The Labute approximate surface area is 146 Å². The van der Waals surface area contributed by atoms with E-state index in [1.165, 1.54) is 0 Å². The first-order chi connectivity index (χ1) is 11.4. The van der Waals surface area contributed by atoms with Gasteiger partial charge in [-0.05, 0) is 36.7 Å². The minimum Gasteiger partial charge on any atom is -0.602 e. The number of carbonyl (C=O) groups is 2. The smallest absolute Gasteiger partial charge is 0.602 e. The number of rotatable bonds is 6. The van der Waals surface area contributed by atoms with E-state index in [0.29, 0.717) is 29.0 Å². The predicted molar refractivity (Wildman–Crippen MR) is 79.4 cm³/mol. The van der Waals surface area contributed by atoms with Gasteiger partial charge in [0.1, 0.15) is 5.75 Å². The van der Waals surface area contributed by atoms with Gasteiger partial charge >= 0.3 is 25.5 Å². The first kappa shape index (κ1) is 26.9. The zero-order valence-corrected chi connectivity index (χ0v) is 14.6. The molecule has 0 aromatic heterocycles. The summed E-state index contributed by atoms with van der Waals surface area (Å²) >= 11 is 0. The van der Waals surface area contributed by atoms with Crippen molar-refractivity contribution in [2.75, 3.05) is 18.3 Å². The molecule has 154 valence electrons. The van der Waals surface area contributed by atoms with E-state index in [4.69, 9.17) is 0 Å². The van der Waals surface area contributed by atoms with Crippen LogP contribution in [0.15, 0.2) is 11.6 Å². The summed E-state index contributed by atoms with van der Waals surface area (Å²) in [6.45, 7) is 1.56. The third kappa shape index (κ3) is 16.2. The second-order valence-electron chi connectivity index (χ2n) is 5.06. The number of hydrogen-bond acceptors (Lipinski definition) is 3. The SMILES string of the molecule is C/C(=C/C(=O)C(F)(F)F)CCC[S+](C)C.O=C(O[B-](F)(F)F)C(F)(F)F. The Morgan fingerprint density at radius 2 is 1.46 bits per heavy atom. The number of hydrogen-bond donors (Lipinski definition) is 0. The maximum atomic E-state index is 11.9. The van der Waals surface area contributed by atoms with Crippen LogP contribution in [0.4, 0.5) is 39.3 Å². The van der Waals surface area contributed by atoms with Crippen molar-refractivity contribution in [1.29, 1.82) is 0 Å². The van der Waals surface area contributed by atoms with Crippen LogP contribution in [0.2, 0.25) is 0 Å². The Kier molecular flexibility index (Phi) is 11.1. The first-order valence-corrected chi connectivity index (χ1v) is 8.88. The van der Waals surface area contributed by atoms with E-state index in [1.54, 1.807) is 6.92 Å². The normalized spacial score (nSPS) is 13.2. The van der Waals surface area contributed by atoms with Crippen molar-refractivity contribution in [2.24, 2.45) is 0 Å². The van der Waals surface area contributed by atoms with Crippen molar-refractivity contribution in [1.82, 2.24) is 0 Å². The van der Waals surface area contributed by atoms with Crippen LogP contribution in [0.25, 0.3) is 0 Å².